The van der Waals surface area contributed by atoms with Gasteiger partial charge in [-0.3, -0.25) is 13.8 Å². The monoisotopic (exact) mass is 379 g/mol. The predicted octanol–water partition coefficient (Wildman–Crippen LogP) is 1.40. The lowest BCUT2D eigenvalue weighted by Crippen LogP contribution is -2.43. The van der Waals surface area contributed by atoms with Gasteiger partial charge < -0.3 is 5.32 Å². The lowest BCUT2D eigenvalue weighted by atomic mass is 10.0. The Kier molecular flexibility index (Phi) is 6.01. The fourth-order valence-electron chi connectivity index (χ4n) is 2.65. The second-order valence-corrected chi connectivity index (χ2v) is 8.55. The van der Waals surface area contributed by atoms with Crippen LogP contribution in [0.25, 0.3) is 0 Å². The van der Waals surface area contributed by atoms with Gasteiger partial charge in [-0.15, -0.1) is 0 Å². The van der Waals surface area contributed by atoms with E-state index in [1.165, 1.54) is 6.33 Å². The summed E-state index contributed by atoms with van der Waals surface area (Å²) in [5.74, 6) is 0.279. The topological polar surface area (TPSA) is 97.2 Å². The summed E-state index contributed by atoms with van der Waals surface area (Å²) in [4.78, 5) is 16.8. The van der Waals surface area contributed by atoms with Gasteiger partial charge in [0.1, 0.15) is 18.7 Å². The van der Waals surface area contributed by atoms with Gasteiger partial charge in [0, 0.05) is 7.05 Å². The summed E-state index contributed by atoms with van der Waals surface area (Å²) < 4.78 is 27.1. The number of hydrogen-bond donors (Lipinski definition) is 1. The number of anilines is 1. The maximum Gasteiger partial charge on any atom is 0.241 e. The number of amides is 1. The standard InChI is InChI=1S/C17H25N5O3S/c1-12(2)16(17-18-11-19-21(17)4)20-15(23)10-22(26(5,24)25)14-8-6-7-13(3)9-14/h6-9,11-12,16H,10H2,1-5H3,(H,20,23)/t16-/m1/s1. The first kappa shape index (κ1) is 19.9. The fourth-order valence-corrected chi connectivity index (χ4v) is 3.50. The van der Waals surface area contributed by atoms with Crippen LogP contribution in [0.15, 0.2) is 30.6 Å². The van der Waals surface area contributed by atoms with E-state index in [9.17, 15) is 13.2 Å². The molecule has 2 aromatic rings. The lowest BCUT2D eigenvalue weighted by molar-refractivity contribution is -0.120. The molecule has 1 amide bonds. The molecular weight excluding hydrogens is 354 g/mol. The maximum atomic E-state index is 12.6. The third kappa shape index (κ3) is 4.81. The Balaban J connectivity index is 2.23. The Labute approximate surface area is 154 Å². The van der Waals surface area contributed by atoms with Crippen LogP contribution >= 0.6 is 0 Å². The number of carbonyl (C=O) groups excluding carboxylic acids is 1. The molecule has 0 unspecified atom stereocenters. The molecule has 1 heterocycles. The third-order valence-corrected chi connectivity index (χ3v) is 5.13. The summed E-state index contributed by atoms with van der Waals surface area (Å²) in [6.45, 7) is 5.47. The molecule has 0 saturated heterocycles. The van der Waals surface area contributed by atoms with Gasteiger partial charge in [-0.05, 0) is 30.5 Å². The van der Waals surface area contributed by atoms with Gasteiger partial charge in [-0.2, -0.15) is 5.10 Å². The number of nitrogens with zero attached hydrogens (tertiary/aromatic N) is 4. The molecule has 9 heteroatoms. The molecular formula is C17H25N5O3S. The zero-order valence-corrected chi connectivity index (χ0v) is 16.5. The molecule has 1 N–H and O–H groups in total. The minimum atomic E-state index is -3.61. The molecule has 8 nitrogen and oxygen atoms in total. The molecule has 1 aromatic carbocycles. The van der Waals surface area contributed by atoms with Crippen molar-refractivity contribution in [3.05, 3.63) is 42.0 Å². The van der Waals surface area contributed by atoms with Gasteiger partial charge in [-0.25, -0.2) is 13.4 Å². The van der Waals surface area contributed by atoms with Gasteiger partial charge >= 0.3 is 0 Å². The molecule has 0 fully saturated rings. The second kappa shape index (κ2) is 7.86. The third-order valence-electron chi connectivity index (χ3n) is 3.98. The molecule has 2 rings (SSSR count). The van der Waals surface area contributed by atoms with Crippen LogP contribution < -0.4 is 9.62 Å². The molecule has 142 valence electrons. The summed E-state index contributed by atoms with van der Waals surface area (Å²) in [5.41, 5.74) is 1.37. The Morgan fingerprint density at radius 2 is 2.04 bits per heavy atom. The molecule has 26 heavy (non-hydrogen) atoms. The first-order chi connectivity index (χ1) is 12.1. The second-order valence-electron chi connectivity index (χ2n) is 6.64. The summed E-state index contributed by atoms with van der Waals surface area (Å²) in [6, 6.07) is 6.67. The molecule has 0 spiro atoms. The molecule has 1 atom stereocenters. The van der Waals surface area contributed by atoms with Crippen LogP contribution in [0.5, 0.6) is 0 Å². The average Bonchev–Trinajstić information content (AvgIpc) is 2.94. The highest BCUT2D eigenvalue weighted by molar-refractivity contribution is 7.92. The summed E-state index contributed by atoms with van der Waals surface area (Å²) in [6.07, 6.45) is 2.51. The van der Waals surface area contributed by atoms with E-state index in [1.54, 1.807) is 29.9 Å². The number of rotatable bonds is 7. The average molecular weight is 379 g/mol. The smallest absolute Gasteiger partial charge is 0.241 e. The van der Waals surface area contributed by atoms with Crippen LogP contribution in [0.2, 0.25) is 0 Å². The predicted molar refractivity (Wildman–Crippen MR) is 100 cm³/mol. The number of benzene rings is 1. The minimum absolute atomic E-state index is 0.0625. The molecule has 0 bridgehead atoms. The van der Waals surface area contributed by atoms with Crippen LogP contribution in [0.1, 0.15) is 31.3 Å². The SMILES string of the molecule is Cc1cccc(N(CC(=O)N[C@@H](c2ncnn2C)C(C)C)S(C)(=O)=O)c1. The largest absolute Gasteiger partial charge is 0.344 e. The molecule has 1 aromatic heterocycles. The molecule has 0 aliphatic heterocycles. The Morgan fingerprint density at radius 3 is 2.54 bits per heavy atom. The van der Waals surface area contributed by atoms with Crippen molar-refractivity contribution in [2.45, 2.75) is 26.8 Å². The van der Waals surface area contributed by atoms with Crippen LogP contribution in [0.3, 0.4) is 0 Å². The Morgan fingerprint density at radius 1 is 1.35 bits per heavy atom. The molecule has 0 radical (unpaired) electrons. The van der Waals surface area contributed by atoms with E-state index in [0.29, 0.717) is 11.5 Å². The molecule has 0 aliphatic carbocycles. The van der Waals surface area contributed by atoms with Gasteiger partial charge in [0.2, 0.25) is 15.9 Å². The molecule has 0 aliphatic rings. The quantitative estimate of drug-likeness (QED) is 0.784. The minimum Gasteiger partial charge on any atom is -0.344 e. The fraction of sp³-hybridized carbons (Fsp3) is 0.471. The van der Waals surface area contributed by atoms with Crippen LogP contribution in [0.4, 0.5) is 5.69 Å². The van der Waals surface area contributed by atoms with E-state index in [4.69, 9.17) is 0 Å². The highest BCUT2D eigenvalue weighted by atomic mass is 32.2. The van der Waals surface area contributed by atoms with E-state index < -0.39 is 15.9 Å². The lowest BCUT2D eigenvalue weighted by Gasteiger charge is -2.25. The summed E-state index contributed by atoms with van der Waals surface area (Å²) >= 11 is 0. The summed E-state index contributed by atoms with van der Waals surface area (Å²) in [5, 5.41) is 6.91. The van der Waals surface area contributed by atoms with Crippen molar-refractivity contribution in [2.24, 2.45) is 13.0 Å². The van der Waals surface area contributed by atoms with Crippen molar-refractivity contribution in [1.29, 1.82) is 0 Å². The van der Waals surface area contributed by atoms with Crippen LogP contribution in [-0.4, -0.2) is 41.9 Å². The Bertz CT molecular complexity index is 876. The normalized spacial score (nSPS) is 12.8. The van der Waals surface area contributed by atoms with Crippen molar-refractivity contribution in [3.63, 3.8) is 0 Å². The van der Waals surface area contributed by atoms with Crippen LogP contribution in [0, 0.1) is 12.8 Å². The van der Waals surface area contributed by atoms with E-state index in [1.807, 2.05) is 26.8 Å². The molecule has 0 saturated carbocycles. The van der Waals surface area contributed by atoms with Crippen molar-refractivity contribution in [2.75, 3.05) is 17.1 Å². The number of hydrogen-bond acceptors (Lipinski definition) is 5. The maximum absolute atomic E-state index is 12.6. The first-order valence-corrected chi connectivity index (χ1v) is 10.1. The van der Waals surface area contributed by atoms with Crippen molar-refractivity contribution < 1.29 is 13.2 Å². The highest BCUT2D eigenvalue weighted by Gasteiger charge is 2.26. The zero-order chi connectivity index (χ0) is 19.5. The van der Waals surface area contributed by atoms with Crippen molar-refractivity contribution in [1.82, 2.24) is 20.1 Å². The number of sulfonamides is 1. The highest BCUT2D eigenvalue weighted by Crippen LogP contribution is 2.21. The first-order valence-electron chi connectivity index (χ1n) is 8.27. The number of aromatic nitrogens is 3. The van der Waals surface area contributed by atoms with E-state index in [-0.39, 0.29) is 18.5 Å². The van der Waals surface area contributed by atoms with Gasteiger partial charge in [-0.1, -0.05) is 26.0 Å². The summed E-state index contributed by atoms with van der Waals surface area (Å²) in [7, 11) is -1.86. The van der Waals surface area contributed by atoms with E-state index >= 15 is 0 Å². The van der Waals surface area contributed by atoms with Gasteiger partial charge in [0.05, 0.1) is 18.0 Å². The van der Waals surface area contributed by atoms with E-state index in [2.05, 4.69) is 15.4 Å². The van der Waals surface area contributed by atoms with Crippen molar-refractivity contribution in [3.8, 4) is 0 Å². The number of carbonyl (C=O) groups is 1. The van der Waals surface area contributed by atoms with Crippen molar-refractivity contribution >= 4 is 21.6 Å². The zero-order valence-electron chi connectivity index (χ0n) is 15.7. The van der Waals surface area contributed by atoms with E-state index in [0.717, 1.165) is 16.1 Å². The number of nitrogens with one attached hydrogen (secondary N) is 1. The number of aryl methyl sites for hydroxylation is 2. The Hall–Kier alpha value is -2.42. The van der Waals surface area contributed by atoms with Gasteiger partial charge in [0.15, 0.2) is 0 Å². The van der Waals surface area contributed by atoms with Gasteiger partial charge in [0.25, 0.3) is 0 Å². The van der Waals surface area contributed by atoms with Crippen LogP contribution in [-0.2, 0) is 21.9 Å².